The number of urea groups is 1. The largest absolute Gasteiger partial charge is 0.369 e. The number of hydrogen-bond acceptors (Lipinski definition) is 3. The molecule has 0 saturated carbocycles. The van der Waals surface area contributed by atoms with E-state index < -0.39 is 0 Å². The van der Waals surface area contributed by atoms with Gasteiger partial charge in [-0.3, -0.25) is 9.59 Å². The Morgan fingerprint density at radius 2 is 1.96 bits per heavy atom. The van der Waals surface area contributed by atoms with E-state index in [0.717, 1.165) is 24.2 Å². The Labute approximate surface area is 140 Å². The van der Waals surface area contributed by atoms with Gasteiger partial charge in [-0.1, -0.05) is 12.1 Å². The van der Waals surface area contributed by atoms with Gasteiger partial charge >= 0.3 is 6.03 Å². The number of rotatable bonds is 4. The molecule has 1 aromatic rings. The molecular weight excluding hydrogens is 308 g/mol. The summed E-state index contributed by atoms with van der Waals surface area (Å²) in [6.45, 7) is 2.11. The summed E-state index contributed by atoms with van der Waals surface area (Å²) < 4.78 is 0. The van der Waals surface area contributed by atoms with Crippen molar-refractivity contribution < 1.29 is 14.4 Å². The molecule has 2 aliphatic heterocycles. The molecule has 0 radical (unpaired) electrons. The molecule has 3 rings (SSSR count). The predicted molar refractivity (Wildman–Crippen MR) is 89.1 cm³/mol. The Kier molecular flexibility index (Phi) is 4.69. The summed E-state index contributed by atoms with van der Waals surface area (Å²) in [6, 6.07) is 7.46. The highest BCUT2D eigenvalue weighted by Gasteiger charge is 2.29. The van der Waals surface area contributed by atoms with Crippen LogP contribution >= 0.6 is 0 Å². The van der Waals surface area contributed by atoms with E-state index in [1.807, 2.05) is 24.3 Å². The second-order valence-electron chi connectivity index (χ2n) is 6.31. The van der Waals surface area contributed by atoms with Crippen LogP contribution in [0.15, 0.2) is 24.3 Å². The first kappa shape index (κ1) is 16.3. The fourth-order valence-electron chi connectivity index (χ4n) is 3.18. The van der Waals surface area contributed by atoms with E-state index in [1.54, 1.807) is 9.80 Å². The molecule has 0 aromatic heterocycles. The van der Waals surface area contributed by atoms with Crippen molar-refractivity contribution >= 4 is 23.5 Å². The first-order valence-electron chi connectivity index (χ1n) is 8.26. The van der Waals surface area contributed by atoms with Crippen LogP contribution in [0.4, 0.5) is 10.5 Å². The molecule has 1 aromatic carbocycles. The topological polar surface area (TPSA) is 95.7 Å². The van der Waals surface area contributed by atoms with Crippen molar-refractivity contribution in [3.8, 4) is 0 Å². The molecule has 2 aliphatic rings. The van der Waals surface area contributed by atoms with Crippen molar-refractivity contribution in [3.05, 3.63) is 29.8 Å². The Morgan fingerprint density at radius 1 is 1.21 bits per heavy atom. The second kappa shape index (κ2) is 6.90. The van der Waals surface area contributed by atoms with Crippen molar-refractivity contribution in [1.82, 2.24) is 10.2 Å². The molecule has 7 heteroatoms. The lowest BCUT2D eigenvalue weighted by Gasteiger charge is -2.18. The van der Waals surface area contributed by atoms with Crippen LogP contribution in [0.3, 0.4) is 0 Å². The van der Waals surface area contributed by atoms with Crippen LogP contribution in [0, 0.1) is 5.92 Å². The van der Waals surface area contributed by atoms with Gasteiger partial charge in [-0.15, -0.1) is 0 Å². The number of carbonyl (C=O) groups excluding carboxylic acids is 3. The third kappa shape index (κ3) is 3.50. The Hall–Kier alpha value is -2.57. The van der Waals surface area contributed by atoms with E-state index in [9.17, 15) is 14.4 Å². The molecule has 4 amide bonds. The van der Waals surface area contributed by atoms with Crippen molar-refractivity contribution in [3.63, 3.8) is 0 Å². The number of carbonyl (C=O) groups is 3. The lowest BCUT2D eigenvalue weighted by atomic mass is 10.1. The fraction of sp³-hybridized carbons (Fsp3) is 0.471. The maximum atomic E-state index is 12.1. The molecule has 0 spiro atoms. The van der Waals surface area contributed by atoms with Crippen molar-refractivity contribution in [2.75, 3.05) is 24.5 Å². The Bertz CT molecular complexity index is 644. The molecule has 2 fully saturated rings. The predicted octanol–water partition coefficient (Wildman–Crippen LogP) is 0.830. The number of amides is 4. The highest BCUT2D eigenvalue weighted by atomic mass is 16.2. The summed E-state index contributed by atoms with van der Waals surface area (Å²) in [5, 5.41) is 2.85. The van der Waals surface area contributed by atoms with E-state index in [-0.39, 0.29) is 23.8 Å². The van der Waals surface area contributed by atoms with Crippen molar-refractivity contribution in [1.29, 1.82) is 0 Å². The van der Waals surface area contributed by atoms with Gasteiger partial charge < -0.3 is 20.9 Å². The maximum Gasteiger partial charge on any atom is 0.317 e. The molecule has 1 atom stereocenters. The van der Waals surface area contributed by atoms with Gasteiger partial charge in [-0.2, -0.15) is 0 Å². The van der Waals surface area contributed by atoms with Crippen LogP contribution in [0.5, 0.6) is 0 Å². The third-order valence-corrected chi connectivity index (χ3v) is 4.64. The SMILES string of the molecule is NC(=O)[C@@H]1CCN(C(=O)NCc2ccc(N3CCCC3=O)cc2)C1. The van der Waals surface area contributed by atoms with Crippen LogP contribution in [-0.4, -0.2) is 42.4 Å². The van der Waals surface area contributed by atoms with Crippen molar-refractivity contribution in [2.24, 2.45) is 11.7 Å². The van der Waals surface area contributed by atoms with Crippen LogP contribution < -0.4 is 16.0 Å². The van der Waals surface area contributed by atoms with Gasteiger partial charge in [0.1, 0.15) is 0 Å². The second-order valence-corrected chi connectivity index (χ2v) is 6.31. The highest BCUT2D eigenvalue weighted by Crippen LogP contribution is 2.21. The first-order valence-corrected chi connectivity index (χ1v) is 8.26. The third-order valence-electron chi connectivity index (χ3n) is 4.64. The number of anilines is 1. The lowest BCUT2D eigenvalue weighted by molar-refractivity contribution is -0.121. The summed E-state index contributed by atoms with van der Waals surface area (Å²) in [5.41, 5.74) is 7.14. The summed E-state index contributed by atoms with van der Waals surface area (Å²) in [7, 11) is 0. The van der Waals surface area contributed by atoms with Crippen molar-refractivity contribution in [2.45, 2.75) is 25.8 Å². The molecule has 3 N–H and O–H groups in total. The minimum absolute atomic E-state index is 0.161. The van der Waals surface area contributed by atoms with E-state index in [1.165, 1.54) is 0 Å². The van der Waals surface area contributed by atoms with E-state index in [0.29, 0.717) is 32.5 Å². The van der Waals surface area contributed by atoms with E-state index in [4.69, 9.17) is 5.73 Å². The summed E-state index contributed by atoms with van der Waals surface area (Å²) in [5.74, 6) is -0.431. The summed E-state index contributed by atoms with van der Waals surface area (Å²) in [6.07, 6.45) is 2.14. The van der Waals surface area contributed by atoms with Gasteiger partial charge in [0.05, 0.1) is 5.92 Å². The van der Waals surface area contributed by atoms with Gasteiger partial charge in [-0.25, -0.2) is 4.79 Å². The van der Waals surface area contributed by atoms with Crippen LogP contribution in [-0.2, 0) is 16.1 Å². The van der Waals surface area contributed by atoms with Gasteiger partial charge in [0.2, 0.25) is 11.8 Å². The Morgan fingerprint density at radius 3 is 2.54 bits per heavy atom. The van der Waals surface area contributed by atoms with E-state index in [2.05, 4.69) is 5.32 Å². The standard InChI is InChI=1S/C17H22N4O3/c18-16(23)13-7-9-20(11-13)17(24)19-10-12-3-5-14(6-4-12)21-8-1-2-15(21)22/h3-6,13H,1-2,7-11H2,(H2,18,23)(H,19,24)/t13-/m1/s1. The number of primary amides is 1. The molecule has 0 aliphatic carbocycles. The molecule has 24 heavy (non-hydrogen) atoms. The highest BCUT2D eigenvalue weighted by molar-refractivity contribution is 5.95. The molecule has 128 valence electrons. The average molecular weight is 330 g/mol. The van der Waals surface area contributed by atoms with Crippen LogP contribution in [0.25, 0.3) is 0 Å². The van der Waals surface area contributed by atoms with Gasteiger partial charge in [-0.05, 0) is 30.5 Å². The Balaban J connectivity index is 1.51. The van der Waals surface area contributed by atoms with Gasteiger partial charge in [0.25, 0.3) is 0 Å². The smallest absolute Gasteiger partial charge is 0.317 e. The zero-order chi connectivity index (χ0) is 17.1. The quantitative estimate of drug-likeness (QED) is 0.856. The maximum absolute atomic E-state index is 12.1. The minimum Gasteiger partial charge on any atom is -0.369 e. The van der Waals surface area contributed by atoms with Crippen LogP contribution in [0.1, 0.15) is 24.8 Å². The molecule has 2 heterocycles. The summed E-state index contributed by atoms with van der Waals surface area (Å²) >= 11 is 0. The van der Waals surface area contributed by atoms with Gasteiger partial charge in [0, 0.05) is 38.3 Å². The zero-order valence-electron chi connectivity index (χ0n) is 13.5. The molecule has 0 unspecified atom stereocenters. The monoisotopic (exact) mass is 330 g/mol. The number of nitrogens with zero attached hydrogens (tertiary/aromatic N) is 2. The fourth-order valence-corrected chi connectivity index (χ4v) is 3.18. The summed E-state index contributed by atoms with van der Waals surface area (Å²) in [4.78, 5) is 38.4. The average Bonchev–Trinajstić information content (AvgIpc) is 3.22. The number of hydrogen-bond donors (Lipinski definition) is 2. The first-order chi connectivity index (χ1) is 11.5. The molecule has 7 nitrogen and oxygen atoms in total. The van der Waals surface area contributed by atoms with Crippen LogP contribution in [0.2, 0.25) is 0 Å². The molecular formula is C17H22N4O3. The minimum atomic E-state index is -0.350. The zero-order valence-corrected chi connectivity index (χ0v) is 13.5. The lowest BCUT2D eigenvalue weighted by Crippen LogP contribution is -2.39. The number of benzene rings is 1. The number of nitrogens with one attached hydrogen (secondary N) is 1. The number of likely N-dealkylation sites (tertiary alicyclic amines) is 1. The number of nitrogens with two attached hydrogens (primary N) is 1. The normalized spacial score (nSPS) is 20.5. The molecule has 0 bridgehead atoms. The van der Waals surface area contributed by atoms with E-state index >= 15 is 0 Å². The van der Waals surface area contributed by atoms with Gasteiger partial charge in [0.15, 0.2) is 0 Å². The molecule has 2 saturated heterocycles.